The van der Waals surface area contributed by atoms with Crippen LogP contribution in [0.25, 0.3) is 0 Å². The molecule has 21 heavy (non-hydrogen) atoms. The molecule has 2 atom stereocenters. The number of β-amino-alcohol motifs (C(OH)–C–C–N with tert-alkyl or cyclic N) is 1. The second-order valence-corrected chi connectivity index (χ2v) is 6.75. The van der Waals surface area contributed by atoms with Crippen molar-refractivity contribution in [2.45, 2.75) is 44.8 Å². The van der Waals surface area contributed by atoms with Crippen LogP contribution in [0.1, 0.15) is 44.8 Å². The quantitative estimate of drug-likeness (QED) is 0.756. The molecule has 1 fully saturated rings. The molecule has 118 valence electrons. The first-order valence-electron chi connectivity index (χ1n) is 7.85. The minimum absolute atomic E-state index is 0.0298. The number of benzene rings is 1. The van der Waals surface area contributed by atoms with Crippen molar-refractivity contribution in [3.63, 3.8) is 0 Å². The summed E-state index contributed by atoms with van der Waals surface area (Å²) in [6.45, 7) is 6.98. The van der Waals surface area contributed by atoms with Gasteiger partial charge in [-0.05, 0) is 69.8 Å². The highest BCUT2D eigenvalue weighted by molar-refractivity contribution is 5.19. The van der Waals surface area contributed by atoms with Crippen LogP contribution in [0.3, 0.4) is 0 Å². The lowest BCUT2D eigenvalue weighted by molar-refractivity contribution is 0.152. The summed E-state index contributed by atoms with van der Waals surface area (Å²) in [4.78, 5) is 0. The van der Waals surface area contributed by atoms with E-state index < -0.39 is 6.10 Å². The van der Waals surface area contributed by atoms with Crippen LogP contribution >= 0.6 is 0 Å². The van der Waals surface area contributed by atoms with Crippen LogP contribution in [0.5, 0.6) is 0 Å². The van der Waals surface area contributed by atoms with Crippen molar-refractivity contribution in [2.24, 2.45) is 5.92 Å². The van der Waals surface area contributed by atoms with Gasteiger partial charge in [0, 0.05) is 12.1 Å². The van der Waals surface area contributed by atoms with E-state index in [1.807, 2.05) is 0 Å². The fourth-order valence-corrected chi connectivity index (χ4v) is 3.10. The normalized spacial score (nSPS) is 21.2. The van der Waals surface area contributed by atoms with Crippen LogP contribution in [0.2, 0.25) is 0 Å². The molecule has 1 saturated heterocycles. The Bertz CT molecular complexity index is 444. The maximum absolute atomic E-state index is 13.2. The lowest BCUT2D eigenvalue weighted by atomic mass is 9.86. The maximum atomic E-state index is 13.2. The molecule has 2 rings (SSSR count). The summed E-state index contributed by atoms with van der Waals surface area (Å²) in [6.07, 6.45) is 2.91. The number of halogens is 1. The molecule has 1 aliphatic heterocycles. The zero-order valence-corrected chi connectivity index (χ0v) is 13.0. The molecule has 4 heteroatoms. The molecular weight excluding hydrogens is 267 g/mol. The molecule has 1 aliphatic rings. The molecule has 3 nitrogen and oxygen atoms in total. The molecule has 0 amide bonds. The van der Waals surface area contributed by atoms with E-state index in [1.165, 1.54) is 25.0 Å². The minimum atomic E-state index is -0.676. The van der Waals surface area contributed by atoms with Crippen molar-refractivity contribution in [2.75, 3.05) is 19.6 Å². The van der Waals surface area contributed by atoms with Crippen molar-refractivity contribution >= 4 is 0 Å². The standard InChI is InChI=1S/C17H27FN2O/c1-17(2,10-13-5-4-8-19-11-13)20-12-16(21)14-6-3-7-15(18)9-14/h3,6-7,9,13,16,19-21H,4-5,8,10-12H2,1-2H3/t13-,16-/m0/s1. The fourth-order valence-electron chi connectivity index (χ4n) is 3.10. The lowest BCUT2D eigenvalue weighted by Gasteiger charge is -2.34. The van der Waals surface area contributed by atoms with Gasteiger partial charge in [0.05, 0.1) is 6.10 Å². The number of aliphatic hydroxyl groups excluding tert-OH is 1. The van der Waals surface area contributed by atoms with Gasteiger partial charge in [-0.15, -0.1) is 0 Å². The topological polar surface area (TPSA) is 44.3 Å². The van der Waals surface area contributed by atoms with Gasteiger partial charge in [-0.1, -0.05) is 12.1 Å². The highest BCUT2D eigenvalue weighted by atomic mass is 19.1. The Morgan fingerprint density at radius 1 is 1.48 bits per heavy atom. The zero-order valence-electron chi connectivity index (χ0n) is 13.0. The number of hydrogen-bond acceptors (Lipinski definition) is 3. The molecule has 0 saturated carbocycles. The molecule has 0 spiro atoms. The van der Waals surface area contributed by atoms with Gasteiger partial charge in [-0.2, -0.15) is 0 Å². The molecule has 0 aromatic heterocycles. The highest BCUT2D eigenvalue weighted by Crippen LogP contribution is 2.23. The third-order valence-corrected chi connectivity index (χ3v) is 4.21. The van der Waals surface area contributed by atoms with Crippen LogP contribution < -0.4 is 10.6 Å². The monoisotopic (exact) mass is 294 g/mol. The van der Waals surface area contributed by atoms with Gasteiger partial charge in [-0.3, -0.25) is 0 Å². The van der Waals surface area contributed by atoms with E-state index in [-0.39, 0.29) is 11.4 Å². The van der Waals surface area contributed by atoms with Gasteiger partial charge in [0.2, 0.25) is 0 Å². The van der Waals surface area contributed by atoms with E-state index in [2.05, 4.69) is 24.5 Å². The third kappa shape index (κ3) is 5.38. The Labute approximate surface area is 126 Å². The van der Waals surface area contributed by atoms with Crippen LogP contribution in [-0.4, -0.2) is 30.3 Å². The third-order valence-electron chi connectivity index (χ3n) is 4.21. The van der Waals surface area contributed by atoms with Crippen molar-refractivity contribution in [1.82, 2.24) is 10.6 Å². The molecule has 0 unspecified atom stereocenters. The van der Waals surface area contributed by atoms with E-state index in [9.17, 15) is 9.50 Å². The Morgan fingerprint density at radius 3 is 2.95 bits per heavy atom. The number of aliphatic hydroxyl groups is 1. The van der Waals surface area contributed by atoms with Gasteiger partial charge in [0.25, 0.3) is 0 Å². The molecule has 1 aromatic rings. The summed E-state index contributed by atoms with van der Waals surface area (Å²) in [7, 11) is 0. The predicted octanol–water partition coefficient (Wildman–Crippen LogP) is 2.62. The van der Waals surface area contributed by atoms with Crippen molar-refractivity contribution in [3.05, 3.63) is 35.6 Å². The van der Waals surface area contributed by atoms with E-state index in [0.29, 0.717) is 18.0 Å². The van der Waals surface area contributed by atoms with E-state index in [1.54, 1.807) is 12.1 Å². The van der Waals surface area contributed by atoms with Crippen molar-refractivity contribution < 1.29 is 9.50 Å². The SMILES string of the molecule is CC(C)(C[C@@H]1CCCNC1)NC[C@H](O)c1cccc(F)c1. The summed E-state index contributed by atoms with van der Waals surface area (Å²) in [5, 5.41) is 17.0. The second-order valence-electron chi connectivity index (χ2n) is 6.75. The molecule has 1 heterocycles. The number of hydrogen-bond donors (Lipinski definition) is 3. The summed E-state index contributed by atoms with van der Waals surface area (Å²) < 4.78 is 13.2. The first kappa shape index (κ1) is 16.4. The van der Waals surface area contributed by atoms with Gasteiger partial charge in [-0.25, -0.2) is 4.39 Å². The molecule has 0 radical (unpaired) electrons. The van der Waals surface area contributed by atoms with Gasteiger partial charge in [0.15, 0.2) is 0 Å². The zero-order chi connectivity index (χ0) is 15.3. The molecule has 1 aromatic carbocycles. The average Bonchev–Trinajstić information content (AvgIpc) is 2.45. The molecule has 0 aliphatic carbocycles. The number of rotatable bonds is 6. The van der Waals surface area contributed by atoms with Crippen molar-refractivity contribution in [1.29, 1.82) is 0 Å². The van der Waals surface area contributed by atoms with E-state index in [4.69, 9.17) is 0 Å². The molecular formula is C17H27FN2O. The number of piperidine rings is 1. The fraction of sp³-hybridized carbons (Fsp3) is 0.647. The van der Waals surface area contributed by atoms with Crippen LogP contribution in [0.15, 0.2) is 24.3 Å². The Hall–Kier alpha value is -0.970. The Morgan fingerprint density at radius 2 is 2.29 bits per heavy atom. The second kappa shape index (κ2) is 7.34. The Balaban J connectivity index is 1.82. The summed E-state index contributed by atoms with van der Waals surface area (Å²) in [5.41, 5.74) is 0.593. The van der Waals surface area contributed by atoms with E-state index in [0.717, 1.165) is 19.5 Å². The summed E-state index contributed by atoms with van der Waals surface area (Å²) in [6, 6.07) is 6.17. The highest BCUT2D eigenvalue weighted by Gasteiger charge is 2.25. The molecule has 0 bridgehead atoms. The first-order valence-corrected chi connectivity index (χ1v) is 7.85. The maximum Gasteiger partial charge on any atom is 0.123 e. The first-order chi connectivity index (χ1) is 9.96. The predicted molar refractivity (Wildman–Crippen MR) is 83.7 cm³/mol. The van der Waals surface area contributed by atoms with Crippen LogP contribution in [-0.2, 0) is 0 Å². The Kier molecular flexibility index (Phi) is 5.73. The largest absolute Gasteiger partial charge is 0.387 e. The van der Waals surface area contributed by atoms with Gasteiger partial charge in [0.1, 0.15) is 5.82 Å². The summed E-state index contributed by atoms with van der Waals surface area (Å²) >= 11 is 0. The van der Waals surface area contributed by atoms with Gasteiger partial charge < -0.3 is 15.7 Å². The van der Waals surface area contributed by atoms with Crippen molar-refractivity contribution in [3.8, 4) is 0 Å². The smallest absolute Gasteiger partial charge is 0.123 e. The van der Waals surface area contributed by atoms with E-state index >= 15 is 0 Å². The van der Waals surface area contributed by atoms with Crippen LogP contribution in [0, 0.1) is 11.7 Å². The van der Waals surface area contributed by atoms with Crippen LogP contribution in [0.4, 0.5) is 4.39 Å². The molecule has 3 N–H and O–H groups in total. The average molecular weight is 294 g/mol. The van der Waals surface area contributed by atoms with Gasteiger partial charge >= 0.3 is 0 Å². The number of nitrogens with one attached hydrogen (secondary N) is 2. The lowest BCUT2D eigenvalue weighted by Crippen LogP contribution is -2.45. The minimum Gasteiger partial charge on any atom is -0.387 e. The summed E-state index contributed by atoms with van der Waals surface area (Å²) in [5.74, 6) is 0.381.